The van der Waals surface area contributed by atoms with E-state index in [1.165, 1.54) is 25.5 Å². The maximum Gasteiger partial charge on any atom is 0.264 e. The summed E-state index contributed by atoms with van der Waals surface area (Å²) in [6, 6.07) is 0. The van der Waals surface area contributed by atoms with Crippen LogP contribution in [0.1, 0.15) is 59.8 Å². The molecule has 0 aliphatic heterocycles. The molecule has 0 unspecified atom stereocenters. The Labute approximate surface area is 123 Å². The molecule has 3 aliphatic carbocycles. The van der Waals surface area contributed by atoms with Crippen molar-refractivity contribution in [1.29, 1.82) is 0 Å². The van der Waals surface area contributed by atoms with Crippen molar-refractivity contribution in [3.63, 3.8) is 0 Å². The molecule has 1 spiro atoms. The largest absolute Gasteiger partial charge is 0.266 e. The van der Waals surface area contributed by atoms with Gasteiger partial charge in [0.05, 0.1) is 12.4 Å². The highest BCUT2D eigenvalue weighted by molar-refractivity contribution is 7.86. The van der Waals surface area contributed by atoms with Crippen LogP contribution in [0.25, 0.3) is 0 Å². The molecule has 5 atom stereocenters. The van der Waals surface area contributed by atoms with Gasteiger partial charge < -0.3 is 0 Å². The maximum atomic E-state index is 11.8. The van der Waals surface area contributed by atoms with Gasteiger partial charge in [-0.25, -0.2) is 0 Å². The lowest BCUT2D eigenvalue weighted by atomic mass is 9.64. The first-order valence-electron chi connectivity index (χ1n) is 7.90. The van der Waals surface area contributed by atoms with Gasteiger partial charge in [-0.3, -0.25) is 4.18 Å². The second kappa shape index (κ2) is 4.01. The Morgan fingerprint density at radius 1 is 1.10 bits per heavy atom. The summed E-state index contributed by atoms with van der Waals surface area (Å²) in [7, 11) is -3.41. The molecule has 3 rings (SSSR count). The lowest BCUT2D eigenvalue weighted by molar-refractivity contribution is -0.0279. The van der Waals surface area contributed by atoms with Crippen LogP contribution in [0.4, 0.5) is 0 Å². The second-order valence-electron chi connectivity index (χ2n) is 8.61. The van der Waals surface area contributed by atoms with Crippen LogP contribution in [0.2, 0.25) is 0 Å². The highest BCUT2D eigenvalue weighted by Gasteiger charge is 2.73. The number of hydrogen-bond donors (Lipinski definition) is 0. The minimum atomic E-state index is -3.41. The van der Waals surface area contributed by atoms with E-state index in [-0.39, 0.29) is 22.3 Å². The minimum absolute atomic E-state index is 0.0550. The Bertz CT molecular complexity index is 524. The Hall–Kier alpha value is -0.0900. The predicted octanol–water partition coefficient (Wildman–Crippen LogP) is 3.59. The van der Waals surface area contributed by atoms with Gasteiger partial charge in [-0.1, -0.05) is 27.7 Å². The molecule has 0 aromatic heterocycles. The van der Waals surface area contributed by atoms with E-state index in [0.29, 0.717) is 11.8 Å². The zero-order valence-corrected chi connectivity index (χ0v) is 14.2. The molecule has 4 heteroatoms. The summed E-state index contributed by atoms with van der Waals surface area (Å²) in [5, 5.41) is 0. The van der Waals surface area contributed by atoms with Crippen LogP contribution < -0.4 is 0 Å². The van der Waals surface area contributed by atoms with Gasteiger partial charge >= 0.3 is 0 Å². The van der Waals surface area contributed by atoms with Crippen LogP contribution in [0.3, 0.4) is 0 Å². The van der Waals surface area contributed by atoms with Crippen molar-refractivity contribution in [3.8, 4) is 0 Å². The van der Waals surface area contributed by atoms with Gasteiger partial charge in [-0.2, -0.15) is 8.42 Å². The third-order valence-electron chi connectivity index (χ3n) is 6.79. The van der Waals surface area contributed by atoms with E-state index in [9.17, 15) is 8.42 Å². The van der Waals surface area contributed by atoms with Crippen molar-refractivity contribution in [3.05, 3.63) is 0 Å². The van der Waals surface area contributed by atoms with Crippen LogP contribution in [0.5, 0.6) is 0 Å². The summed E-state index contributed by atoms with van der Waals surface area (Å²) in [5.74, 6) is 1.34. The lowest BCUT2D eigenvalue weighted by Crippen LogP contribution is -2.46. The maximum absolute atomic E-state index is 11.8. The van der Waals surface area contributed by atoms with E-state index >= 15 is 0 Å². The van der Waals surface area contributed by atoms with Crippen molar-refractivity contribution >= 4 is 10.1 Å². The van der Waals surface area contributed by atoms with Crippen LogP contribution >= 0.6 is 0 Å². The van der Waals surface area contributed by atoms with Crippen molar-refractivity contribution in [2.24, 2.45) is 28.1 Å². The van der Waals surface area contributed by atoms with Crippen molar-refractivity contribution in [2.45, 2.75) is 65.9 Å². The Morgan fingerprint density at radius 2 is 1.75 bits per heavy atom. The SMILES string of the molecule is C[C@H]1CC[C@@]23[C@H](OS(C)(=O)=O)C(C)(C)C[C@]2(C)CC[C@@H]13. The topological polar surface area (TPSA) is 43.4 Å². The third-order valence-corrected chi connectivity index (χ3v) is 7.33. The van der Waals surface area contributed by atoms with Crippen LogP contribution in [-0.2, 0) is 14.3 Å². The molecule has 0 aromatic rings. The van der Waals surface area contributed by atoms with Crippen molar-refractivity contribution in [2.75, 3.05) is 6.26 Å². The predicted molar refractivity (Wildman–Crippen MR) is 79.8 cm³/mol. The molecule has 0 saturated heterocycles. The smallest absolute Gasteiger partial charge is 0.264 e. The summed E-state index contributed by atoms with van der Waals surface area (Å²) < 4.78 is 29.3. The zero-order valence-electron chi connectivity index (χ0n) is 13.4. The summed E-state index contributed by atoms with van der Waals surface area (Å²) in [6.07, 6.45) is 6.99. The van der Waals surface area contributed by atoms with E-state index in [1.54, 1.807) is 0 Å². The molecule has 3 saturated carbocycles. The Morgan fingerprint density at radius 3 is 2.35 bits per heavy atom. The average Bonchev–Trinajstić information content (AvgIpc) is 2.77. The van der Waals surface area contributed by atoms with Gasteiger partial charge in [-0.05, 0) is 54.8 Å². The fourth-order valence-electron chi connectivity index (χ4n) is 6.44. The highest BCUT2D eigenvalue weighted by Crippen LogP contribution is 2.76. The van der Waals surface area contributed by atoms with Gasteiger partial charge in [-0.15, -0.1) is 0 Å². The molecular formula is C16H28O3S. The third kappa shape index (κ3) is 1.76. The van der Waals surface area contributed by atoms with E-state index in [2.05, 4.69) is 27.7 Å². The number of hydrogen-bond acceptors (Lipinski definition) is 3. The lowest BCUT2D eigenvalue weighted by Gasteiger charge is -2.43. The summed E-state index contributed by atoms with van der Waals surface area (Å²) in [4.78, 5) is 0. The average molecular weight is 300 g/mol. The monoisotopic (exact) mass is 300 g/mol. The Balaban J connectivity index is 2.10. The minimum Gasteiger partial charge on any atom is -0.266 e. The van der Waals surface area contributed by atoms with Crippen LogP contribution in [0.15, 0.2) is 0 Å². The molecule has 0 N–H and O–H groups in total. The first kappa shape index (κ1) is 14.8. The molecule has 0 bridgehead atoms. The molecule has 0 radical (unpaired) electrons. The highest BCUT2D eigenvalue weighted by atomic mass is 32.2. The molecular weight excluding hydrogens is 272 g/mol. The summed E-state index contributed by atoms with van der Waals surface area (Å²) in [6.45, 7) is 9.12. The Kier molecular flexibility index (Phi) is 2.97. The van der Waals surface area contributed by atoms with Gasteiger partial charge in [0.1, 0.15) is 0 Å². The van der Waals surface area contributed by atoms with E-state index in [0.717, 1.165) is 12.8 Å². The quantitative estimate of drug-likeness (QED) is 0.732. The first-order valence-corrected chi connectivity index (χ1v) is 9.72. The molecule has 3 fully saturated rings. The fraction of sp³-hybridized carbons (Fsp3) is 1.00. The summed E-state index contributed by atoms with van der Waals surface area (Å²) >= 11 is 0. The molecule has 0 aromatic carbocycles. The summed E-state index contributed by atoms with van der Waals surface area (Å²) in [5.41, 5.74) is 0.279. The molecule has 0 heterocycles. The van der Waals surface area contributed by atoms with E-state index < -0.39 is 10.1 Å². The van der Waals surface area contributed by atoms with Crippen LogP contribution in [-0.4, -0.2) is 20.8 Å². The van der Waals surface area contributed by atoms with E-state index in [4.69, 9.17) is 4.18 Å². The van der Waals surface area contributed by atoms with Gasteiger partial charge in [0.15, 0.2) is 0 Å². The molecule has 3 aliphatic rings. The van der Waals surface area contributed by atoms with Crippen molar-refractivity contribution < 1.29 is 12.6 Å². The standard InChI is InChI=1S/C16H28O3S/c1-11-6-9-16-12(11)7-8-15(16,4)10-14(2,3)13(16)19-20(5,17)18/h11-13H,6-10H2,1-5H3/t11-,12-,13+,15-,16+/m0/s1. The van der Waals surface area contributed by atoms with Gasteiger partial charge in [0.2, 0.25) is 0 Å². The van der Waals surface area contributed by atoms with Gasteiger partial charge in [0.25, 0.3) is 10.1 Å². The molecule has 20 heavy (non-hydrogen) atoms. The normalized spacial score (nSPS) is 50.1. The van der Waals surface area contributed by atoms with Crippen molar-refractivity contribution in [1.82, 2.24) is 0 Å². The van der Waals surface area contributed by atoms with Crippen LogP contribution in [0, 0.1) is 28.1 Å². The van der Waals surface area contributed by atoms with E-state index in [1.807, 2.05) is 0 Å². The second-order valence-corrected chi connectivity index (χ2v) is 10.2. The molecule has 116 valence electrons. The van der Waals surface area contributed by atoms with Gasteiger partial charge in [0, 0.05) is 5.41 Å². The fourth-order valence-corrected chi connectivity index (χ4v) is 7.22. The first-order chi connectivity index (χ1) is 9.02. The molecule has 0 amide bonds. The molecule has 3 nitrogen and oxygen atoms in total. The zero-order chi connectivity index (χ0) is 15.0. The number of rotatable bonds is 2.